The van der Waals surface area contributed by atoms with Crippen molar-refractivity contribution in [1.82, 2.24) is 0 Å². The maximum absolute atomic E-state index is 10.8. The number of hydrogen-bond donors (Lipinski definition) is 1. The van der Waals surface area contributed by atoms with Gasteiger partial charge in [-0.25, -0.2) is 0 Å². The minimum Gasteiger partial charge on any atom is -0.495 e. The van der Waals surface area contributed by atoms with E-state index in [9.17, 15) is 8.42 Å². The third kappa shape index (κ3) is 2.55. The molecule has 0 radical (unpaired) electrons. The zero-order chi connectivity index (χ0) is 10.1. The maximum atomic E-state index is 10.8. The Morgan fingerprint density at radius 3 is 2.54 bits per heavy atom. The normalized spacial score (nSPS) is 11.3. The van der Waals surface area contributed by atoms with E-state index in [1.807, 2.05) is 22.6 Å². The molecule has 0 saturated carbocycles. The summed E-state index contributed by atoms with van der Waals surface area (Å²) in [5, 5.41) is 0. The number of rotatable bonds is 2. The highest BCUT2D eigenvalue weighted by Crippen LogP contribution is 2.24. The summed E-state index contributed by atoms with van der Waals surface area (Å²) in [7, 11) is -2.85. The Morgan fingerprint density at radius 2 is 2.08 bits per heavy atom. The van der Waals surface area contributed by atoms with Gasteiger partial charge in [-0.05, 0) is 40.8 Å². The molecule has 1 N–H and O–H groups in total. The third-order valence-corrected chi connectivity index (χ3v) is 2.95. The van der Waals surface area contributed by atoms with Crippen LogP contribution in [0, 0.1) is 3.57 Å². The van der Waals surface area contributed by atoms with Crippen LogP contribution >= 0.6 is 22.6 Å². The van der Waals surface area contributed by atoms with Gasteiger partial charge >= 0.3 is 0 Å². The molecule has 0 unspecified atom stereocenters. The minimum absolute atomic E-state index is 0.142. The van der Waals surface area contributed by atoms with E-state index in [0.29, 0.717) is 3.57 Å². The van der Waals surface area contributed by atoms with E-state index >= 15 is 0 Å². The van der Waals surface area contributed by atoms with E-state index in [4.69, 9.17) is 9.29 Å². The highest BCUT2D eigenvalue weighted by Gasteiger charge is 2.16. The van der Waals surface area contributed by atoms with Crippen molar-refractivity contribution >= 4 is 32.7 Å². The van der Waals surface area contributed by atoms with Crippen LogP contribution in [0.5, 0.6) is 5.75 Å². The Hall–Kier alpha value is -0.340. The van der Waals surface area contributed by atoms with Crippen LogP contribution in [-0.4, -0.2) is 20.1 Å². The van der Waals surface area contributed by atoms with Crippen molar-refractivity contribution < 1.29 is 17.7 Å². The van der Waals surface area contributed by atoms with Gasteiger partial charge in [0.2, 0.25) is 0 Å². The van der Waals surface area contributed by atoms with Gasteiger partial charge in [0.15, 0.2) is 0 Å². The van der Waals surface area contributed by atoms with Gasteiger partial charge in [0.05, 0.1) is 7.11 Å². The van der Waals surface area contributed by atoms with E-state index < -0.39 is 10.1 Å². The minimum atomic E-state index is -4.20. The summed E-state index contributed by atoms with van der Waals surface area (Å²) in [5.74, 6) is 0.142. The molecule has 72 valence electrons. The molecular formula is C7H7IO4S. The summed E-state index contributed by atoms with van der Waals surface area (Å²) in [6.45, 7) is 0. The first-order valence-corrected chi connectivity index (χ1v) is 5.78. The van der Waals surface area contributed by atoms with E-state index in [0.717, 1.165) is 0 Å². The molecule has 0 aromatic heterocycles. The molecule has 1 aromatic rings. The summed E-state index contributed by atoms with van der Waals surface area (Å²) >= 11 is 1.95. The standard InChI is InChI=1S/C7H7IO4S/c1-12-6-3-2-5(8)4-7(6)13(9,10)11/h2-4H,1H3,(H,9,10,11). The van der Waals surface area contributed by atoms with Crippen LogP contribution in [0.25, 0.3) is 0 Å². The van der Waals surface area contributed by atoms with Crippen molar-refractivity contribution in [3.8, 4) is 5.75 Å². The van der Waals surface area contributed by atoms with E-state index in [1.54, 1.807) is 6.07 Å². The summed E-state index contributed by atoms with van der Waals surface area (Å²) in [5.41, 5.74) is 0. The Kier molecular flexibility index (Phi) is 3.14. The van der Waals surface area contributed by atoms with Crippen molar-refractivity contribution in [3.05, 3.63) is 21.8 Å². The van der Waals surface area contributed by atoms with Crippen LogP contribution in [0.2, 0.25) is 0 Å². The number of halogens is 1. The van der Waals surface area contributed by atoms with Gasteiger partial charge in [-0.3, -0.25) is 4.55 Å². The molecule has 1 aromatic carbocycles. The molecule has 6 heteroatoms. The zero-order valence-electron chi connectivity index (χ0n) is 6.69. The molecule has 0 aliphatic carbocycles. The van der Waals surface area contributed by atoms with Crippen molar-refractivity contribution in [2.45, 2.75) is 4.90 Å². The molecule has 0 bridgehead atoms. The number of benzene rings is 1. The lowest BCUT2D eigenvalue weighted by atomic mass is 10.3. The lowest BCUT2D eigenvalue weighted by molar-refractivity contribution is 0.397. The van der Waals surface area contributed by atoms with E-state index in [1.165, 1.54) is 19.2 Å². The van der Waals surface area contributed by atoms with Crippen LogP contribution in [-0.2, 0) is 10.1 Å². The van der Waals surface area contributed by atoms with Crippen LogP contribution in [0.3, 0.4) is 0 Å². The smallest absolute Gasteiger partial charge is 0.298 e. The lowest BCUT2D eigenvalue weighted by Crippen LogP contribution is -2.01. The molecule has 0 amide bonds. The predicted molar refractivity (Wildman–Crippen MR) is 55.5 cm³/mol. The van der Waals surface area contributed by atoms with Gasteiger partial charge in [-0.2, -0.15) is 8.42 Å². The molecule has 0 heterocycles. The molecule has 0 spiro atoms. The lowest BCUT2D eigenvalue weighted by Gasteiger charge is -2.05. The largest absolute Gasteiger partial charge is 0.495 e. The summed E-state index contributed by atoms with van der Waals surface area (Å²) < 4.78 is 36.0. The van der Waals surface area contributed by atoms with Gasteiger partial charge in [-0.15, -0.1) is 0 Å². The zero-order valence-corrected chi connectivity index (χ0v) is 9.66. The second kappa shape index (κ2) is 3.81. The quantitative estimate of drug-likeness (QED) is 0.664. The molecular weight excluding hydrogens is 307 g/mol. The number of methoxy groups -OCH3 is 1. The van der Waals surface area contributed by atoms with Crippen LogP contribution in [0.1, 0.15) is 0 Å². The second-order valence-electron chi connectivity index (χ2n) is 2.27. The van der Waals surface area contributed by atoms with Crippen molar-refractivity contribution in [1.29, 1.82) is 0 Å². The predicted octanol–water partition coefficient (Wildman–Crippen LogP) is 1.55. The highest BCUT2D eigenvalue weighted by atomic mass is 127. The monoisotopic (exact) mass is 314 g/mol. The summed E-state index contributed by atoms with van der Waals surface area (Å²) in [6, 6.07) is 4.52. The summed E-state index contributed by atoms with van der Waals surface area (Å²) in [6.07, 6.45) is 0. The Labute approximate surface area is 89.8 Å². The van der Waals surface area contributed by atoms with Crippen molar-refractivity contribution in [3.63, 3.8) is 0 Å². The van der Waals surface area contributed by atoms with Gasteiger partial charge in [0.25, 0.3) is 10.1 Å². The average Bonchev–Trinajstić information content (AvgIpc) is 2.03. The molecule has 0 fully saturated rings. The average molecular weight is 314 g/mol. The fourth-order valence-corrected chi connectivity index (χ4v) is 2.24. The molecule has 0 saturated heterocycles. The Morgan fingerprint density at radius 1 is 1.46 bits per heavy atom. The fourth-order valence-electron chi connectivity index (χ4n) is 0.852. The number of hydrogen-bond acceptors (Lipinski definition) is 3. The molecule has 13 heavy (non-hydrogen) atoms. The maximum Gasteiger partial charge on any atom is 0.298 e. The first-order chi connectivity index (χ1) is 5.95. The topological polar surface area (TPSA) is 63.6 Å². The van der Waals surface area contributed by atoms with E-state index in [-0.39, 0.29) is 10.6 Å². The molecule has 4 nitrogen and oxygen atoms in total. The fraction of sp³-hybridized carbons (Fsp3) is 0.143. The molecule has 1 rings (SSSR count). The van der Waals surface area contributed by atoms with Gasteiger partial charge < -0.3 is 4.74 Å². The van der Waals surface area contributed by atoms with E-state index in [2.05, 4.69) is 0 Å². The summed E-state index contributed by atoms with van der Waals surface area (Å²) in [4.78, 5) is -0.207. The molecule has 0 aliphatic heterocycles. The third-order valence-electron chi connectivity index (χ3n) is 1.40. The Balaban J connectivity index is 3.41. The molecule has 0 aliphatic rings. The van der Waals surface area contributed by atoms with Crippen LogP contribution < -0.4 is 4.74 Å². The number of ether oxygens (including phenoxy) is 1. The first kappa shape index (κ1) is 10.7. The van der Waals surface area contributed by atoms with Crippen LogP contribution in [0.4, 0.5) is 0 Å². The van der Waals surface area contributed by atoms with Crippen LogP contribution in [0.15, 0.2) is 23.1 Å². The van der Waals surface area contributed by atoms with Gasteiger partial charge in [0, 0.05) is 3.57 Å². The van der Waals surface area contributed by atoms with Gasteiger partial charge in [0.1, 0.15) is 10.6 Å². The molecule has 0 atom stereocenters. The SMILES string of the molecule is COc1ccc(I)cc1S(=O)(=O)O. The first-order valence-electron chi connectivity index (χ1n) is 3.26. The van der Waals surface area contributed by atoms with Gasteiger partial charge in [-0.1, -0.05) is 0 Å². The van der Waals surface area contributed by atoms with Crippen molar-refractivity contribution in [2.24, 2.45) is 0 Å². The van der Waals surface area contributed by atoms with Crippen molar-refractivity contribution in [2.75, 3.05) is 7.11 Å². The Bertz CT molecular complexity index is 413. The highest BCUT2D eigenvalue weighted by molar-refractivity contribution is 14.1. The second-order valence-corrected chi connectivity index (χ2v) is 4.91.